The monoisotopic (exact) mass is 256 g/mol. The number of benzene rings is 2. The summed E-state index contributed by atoms with van der Waals surface area (Å²) in [4.78, 5) is 2.23. The van der Waals surface area contributed by atoms with E-state index < -0.39 is 0 Å². The molecule has 98 valence electrons. The van der Waals surface area contributed by atoms with E-state index in [9.17, 15) is 4.39 Å². The number of rotatable bonds is 2. The zero-order chi connectivity index (χ0) is 13.2. The molecule has 0 fully saturated rings. The SMILES string of the molecule is Nc1ccc2c(c1)CCCN2Cc1ccccc1F. The molecule has 0 saturated heterocycles. The topological polar surface area (TPSA) is 29.3 Å². The largest absolute Gasteiger partial charge is 0.399 e. The summed E-state index contributed by atoms with van der Waals surface area (Å²) in [6.45, 7) is 1.58. The molecule has 0 bridgehead atoms. The Kier molecular flexibility index (Phi) is 3.11. The van der Waals surface area contributed by atoms with Crippen LogP contribution in [0.15, 0.2) is 42.5 Å². The maximum Gasteiger partial charge on any atom is 0.128 e. The van der Waals surface area contributed by atoms with E-state index in [-0.39, 0.29) is 5.82 Å². The average molecular weight is 256 g/mol. The van der Waals surface area contributed by atoms with Gasteiger partial charge >= 0.3 is 0 Å². The van der Waals surface area contributed by atoms with Crippen LogP contribution in [0, 0.1) is 5.82 Å². The van der Waals surface area contributed by atoms with Gasteiger partial charge in [0, 0.05) is 30.0 Å². The van der Waals surface area contributed by atoms with E-state index >= 15 is 0 Å². The fourth-order valence-corrected chi connectivity index (χ4v) is 2.69. The van der Waals surface area contributed by atoms with Gasteiger partial charge < -0.3 is 10.6 Å². The lowest BCUT2D eigenvalue weighted by molar-refractivity contribution is 0.598. The highest BCUT2D eigenvalue weighted by Crippen LogP contribution is 2.30. The highest BCUT2D eigenvalue weighted by Gasteiger charge is 2.17. The number of nitrogen functional groups attached to an aromatic ring is 1. The van der Waals surface area contributed by atoms with Crippen molar-refractivity contribution in [1.29, 1.82) is 0 Å². The van der Waals surface area contributed by atoms with Crippen LogP contribution in [0.1, 0.15) is 17.5 Å². The van der Waals surface area contributed by atoms with E-state index in [1.165, 1.54) is 17.3 Å². The van der Waals surface area contributed by atoms with Crippen LogP contribution in [0.4, 0.5) is 15.8 Å². The summed E-state index contributed by atoms with van der Waals surface area (Å²) in [5.41, 5.74) is 9.82. The molecule has 2 aromatic rings. The molecular weight excluding hydrogens is 239 g/mol. The van der Waals surface area contributed by atoms with Gasteiger partial charge in [0.1, 0.15) is 5.82 Å². The number of anilines is 2. The molecule has 0 aliphatic carbocycles. The highest BCUT2D eigenvalue weighted by molar-refractivity contribution is 5.61. The van der Waals surface area contributed by atoms with Gasteiger partial charge in [-0.3, -0.25) is 0 Å². The second-order valence-electron chi connectivity index (χ2n) is 5.00. The van der Waals surface area contributed by atoms with Gasteiger partial charge in [0.15, 0.2) is 0 Å². The summed E-state index contributed by atoms with van der Waals surface area (Å²) in [6.07, 6.45) is 2.14. The van der Waals surface area contributed by atoms with E-state index in [4.69, 9.17) is 5.73 Å². The molecule has 0 aromatic heterocycles. The van der Waals surface area contributed by atoms with Gasteiger partial charge in [-0.25, -0.2) is 4.39 Å². The average Bonchev–Trinajstić information content (AvgIpc) is 2.41. The van der Waals surface area contributed by atoms with E-state index in [2.05, 4.69) is 4.90 Å². The molecule has 1 aliphatic rings. The molecule has 0 amide bonds. The Morgan fingerprint density at radius 2 is 2.00 bits per heavy atom. The first-order valence-corrected chi connectivity index (χ1v) is 6.61. The molecule has 2 nitrogen and oxygen atoms in total. The molecule has 0 unspecified atom stereocenters. The quantitative estimate of drug-likeness (QED) is 0.835. The van der Waals surface area contributed by atoms with Gasteiger partial charge in [-0.2, -0.15) is 0 Å². The Labute approximate surface area is 112 Å². The predicted molar refractivity (Wildman–Crippen MR) is 76.6 cm³/mol. The summed E-state index contributed by atoms with van der Waals surface area (Å²) < 4.78 is 13.7. The smallest absolute Gasteiger partial charge is 0.128 e. The molecule has 0 radical (unpaired) electrons. The Balaban J connectivity index is 1.90. The maximum absolute atomic E-state index is 13.7. The summed E-state index contributed by atoms with van der Waals surface area (Å²) in [5.74, 6) is -0.134. The second kappa shape index (κ2) is 4.92. The Hall–Kier alpha value is -2.03. The molecule has 0 saturated carbocycles. The van der Waals surface area contributed by atoms with Crippen molar-refractivity contribution in [3.05, 3.63) is 59.4 Å². The lowest BCUT2D eigenvalue weighted by Crippen LogP contribution is -2.29. The Bertz CT molecular complexity index is 595. The molecule has 0 spiro atoms. The minimum atomic E-state index is -0.134. The standard InChI is InChI=1S/C16H17FN2/c17-15-6-2-1-4-13(15)11-19-9-3-5-12-10-14(18)7-8-16(12)19/h1-2,4,6-8,10H,3,5,9,11,18H2. The van der Waals surface area contributed by atoms with Crippen molar-refractivity contribution < 1.29 is 4.39 Å². The van der Waals surface area contributed by atoms with Crippen molar-refractivity contribution in [3.63, 3.8) is 0 Å². The number of fused-ring (bicyclic) bond motifs is 1. The Morgan fingerprint density at radius 3 is 2.84 bits per heavy atom. The van der Waals surface area contributed by atoms with Crippen LogP contribution in [0.25, 0.3) is 0 Å². The molecule has 2 aromatic carbocycles. The number of aryl methyl sites for hydroxylation is 1. The second-order valence-corrected chi connectivity index (χ2v) is 5.00. The van der Waals surface area contributed by atoms with E-state index in [0.717, 1.165) is 30.6 Å². The third-order valence-corrected chi connectivity index (χ3v) is 3.64. The van der Waals surface area contributed by atoms with Gasteiger partial charge in [0.25, 0.3) is 0 Å². The van der Waals surface area contributed by atoms with Crippen LogP contribution in [0.5, 0.6) is 0 Å². The van der Waals surface area contributed by atoms with E-state index in [1.807, 2.05) is 30.3 Å². The number of hydrogen-bond acceptors (Lipinski definition) is 2. The van der Waals surface area contributed by atoms with Crippen LogP contribution in [-0.2, 0) is 13.0 Å². The van der Waals surface area contributed by atoms with Crippen LogP contribution in [-0.4, -0.2) is 6.54 Å². The highest BCUT2D eigenvalue weighted by atomic mass is 19.1. The molecule has 2 N–H and O–H groups in total. The van der Waals surface area contributed by atoms with E-state index in [0.29, 0.717) is 6.54 Å². The van der Waals surface area contributed by atoms with Gasteiger partial charge in [-0.05, 0) is 42.7 Å². The number of hydrogen-bond donors (Lipinski definition) is 1. The van der Waals surface area contributed by atoms with Crippen molar-refractivity contribution >= 4 is 11.4 Å². The molecule has 19 heavy (non-hydrogen) atoms. The van der Waals surface area contributed by atoms with Gasteiger partial charge in [0.05, 0.1) is 0 Å². The lowest BCUT2D eigenvalue weighted by atomic mass is 10.0. The van der Waals surface area contributed by atoms with Crippen LogP contribution >= 0.6 is 0 Å². The normalized spacial score (nSPS) is 14.3. The van der Waals surface area contributed by atoms with Crippen molar-refractivity contribution in [2.75, 3.05) is 17.2 Å². The van der Waals surface area contributed by atoms with Gasteiger partial charge in [-0.1, -0.05) is 18.2 Å². The van der Waals surface area contributed by atoms with Crippen LogP contribution in [0.2, 0.25) is 0 Å². The first kappa shape index (κ1) is 12.0. The third-order valence-electron chi connectivity index (χ3n) is 3.64. The number of halogens is 1. The summed E-state index contributed by atoms with van der Waals surface area (Å²) in [6, 6.07) is 13.0. The Morgan fingerprint density at radius 1 is 1.16 bits per heavy atom. The summed E-state index contributed by atoms with van der Waals surface area (Å²) in [5, 5.41) is 0. The zero-order valence-electron chi connectivity index (χ0n) is 10.8. The van der Waals surface area contributed by atoms with Crippen molar-refractivity contribution in [1.82, 2.24) is 0 Å². The fourth-order valence-electron chi connectivity index (χ4n) is 2.69. The number of nitrogens with zero attached hydrogens (tertiary/aromatic N) is 1. The van der Waals surface area contributed by atoms with Crippen molar-refractivity contribution in [2.24, 2.45) is 0 Å². The molecule has 0 atom stereocenters. The van der Waals surface area contributed by atoms with Crippen molar-refractivity contribution in [2.45, 2.75) is 19.4 Å². The lowest BCUT2D eigenvalue weighted by Gasteiger charge is -2.31. The fraction of sp³-hybridized carbons (Fsp3) is 0.250. The minimum Gasteiger partial charge on any atom is -0.399 e. The van der Waals surface area contributed by atoms with Gasteiger partial charge in [-0.15, -0.1) is 0 Å². The predicted octanol–water partition coefficient (Wildman–Crippen LogP) is 3.36. The maximum atomic E-state index is 13.7. The minimum absolute atomic E-state index is 0.134. The van der Waals surface area contributed by atoms with Gasteiger partial charge in [0.2, 0.25) is 0 Å². The summed E-state index contributed by atoms with van der Waals surface area (Å²) in [7, 11) is 0. The van der Waals surface area contributed by atoms with Crippen LogP contribution < -0.4 is 10.6 Å². The molecule has 3 rings (SSSR count). The van der Waals surface area contributed by atoms with Crippen LogP contribution in [0.3, 0.4) is 0 Å². The molecule has 1 heterocycles. The third kappa shape index (κ3) is 2.41. The molecule has 1 aliphatic heterocycles. The van der Waals surface area contributed by atoms with Crippen molar-refractivity contribution in [3.8, 4) is 0 Å². The van der Waals surface area contributed by atoms with E-state index in [1.54, 1.807) is 6.07 Å². The zero-order valence-corrected chi connectivity index (χ0v) is 10.8. The first-order chi connectivity index (χ1) is 9.24. The first-order valence-electron chi connectivity index (χ1n) is 6.61. The molecule has 3 heteroatoms. The summed E-state index contributed by atoms with van der Waals surface area (Å²) >= 11 is 0. The molecular formula is C16H17FN2. The number of nitrogens with two attached hydrogens (primary N) is 1.